The van der Waals surface area contributed by atoms with Crippen LogP contribution in [0.25, 0.3) is 0 Å². The van der Waals surface area contributed by atoms with Crippen LogP contribution in [0.15, 0.2) is 16.8 Å². The van der Waals surface area contributed by atoms with E-state index >= 15 is 0 Å². The van der Waals surface area contributed by atoms with Gasteiger partial charge in [0.25, 0.3) is 0 Å². The highest BCUT2D eigenvalue weighted by atomic mass is 32.1. The lowest BCUT2D eigenvalue weighted by molar-refractivity contribution is -0.149. The molecular formula is C8H9NO4S. The molecule has 0 aliphatic carbocycles. The van der Waals surface area contributed by atoms with Crippen LogP contribution < -0.4 is 5.48 Å². The van der Waals surface area contributed by atoms with E-state index in [0.29, 0.717) is 0 Å². The Labute approximate surface area is 84.3 Å². The molecule has 5 nitrogen and oxygen atoms in total. The second-order valence-electron chi connectivity index (χ2n) is 2.52. The third-order valence-corrected chi connectivity index (χ3v) is 2.06. The second-order valence-corrected chi connectivity index (χ2v) is 3.30. The number of hydrogen-bond acceptors (Lipinski definition) is 4. The van der Waals surface area contributed by atoms with Gasteiger partial charge in [0, 0.05) is 0 Å². The normalized spacial score (nSPS) is 9.71. The van der Waals surface area contributed by atoms with E-state index in [1.807, 2.05) is 22.3 Å². The van der Waals surface area contributed by atoms with Crippen molar-refractivity contribution in [3.05, 3.63) is 22.4 Å². The van der Waals surface area contributed by atoms with Crippen molar-refractivity contribution in [2.75, 3.05) is 6.61 Å². The lowest BCUT2D eigenvalue weighted by atomic mass is 10.2. The fourth-order valence-electron chi connectivity index (χ4n) is 0.793. The van der Waals surface area contributed by atoms with Gasteiger partial charge in [0.2, 0.25) is 5.91 Å². The zero-order chi connectivity index (χ0) is 10.4. The molecule has 76 valence electrons. The molecule has 0 aromatic carbocycles. The van der Waals surface area contributed by atoms with Gasteiger partial charge >= 0.3 is 5.97 Å². The molecule has 0 unspecified atom stereocenters. The Balaban J connectivity index is 2.20. The third kappa shape index (κ3) is 4.01. The van der Waals surface area contributed by atoms with E-state index in [9.17, 15) is 9.59 Å². The number of carbonyl (C=O) groups is 2. The molecule has 0 saturated carbocycles. The SMILES string of the molecule is O=C(O)CONC(=O)Cc1ccsc1. The van der Waals surface area contributed by atoms with E-state index in [1.54, 1.807) is 0 Å². The van der Waals surface area contributed by atoms with Gasteiger partial charge in [-0.1, -0.05) is 0 Å². The summed E-state index contributed by atoms with van der Waals surface area (Å²) >= 11 is 1.50. The monoisotopic (exact) mass is 215 g/mol. The van der Waals surface area contributed by atoms with Gasteiger partial charge in [-0.3, -0.25) is 9.63 Å². The molecule has 0 fully saturated rings. The van der Waals surface area contributed by atoms with Gasteiger partial charge in [-0.15, -0.1) is 0 Å². The molecule has 0 spiro atoms. The Morgan fingerprint density at radius 2 is 2.36 bits per heavy atom. The van der Waals surface area contributed by atoms with E-state index in [2.05, 4.69) is 4.84 Å². The van der Waals surface area contributed by atoms with Gasteiger partial charge in [0.1, 0.15) is 0 Å². The van der Waals surface area contributed by atoms with Crippen molar-refractivity contribution < 1.29 is 19.5 Å². The van der Waals surface area contributed by atoms with Crippen molar-refractivity contribution in [1.29, 1.82) is 0 Å². The maximum atomic E-state index is 11.1. The van der Waals surface area contributed by atoms with Crippen LogP contribution in [0.3, 0.4) is 0 Å². The quantitative estimate of drug-likeness (QED) is 0.698. The molecule has 1 amide bonds. The van der Waals surface area contributed by atoms with Gasteiger partial charge in [0.15, 0.2) is 6.61 Å². The number of carbonyl (C=O) groups excluding carboxylic acids is 1. The predicted octanol–water partition coefficient (Wildman–Crippen LogP) is 0.423. The lowest BCUT2D eigenvalue weighted by Crippen LogP contribution is -2.27. The van der Waals surface area contributed by atoms with E-state index < -0.39 is 12.6 Å². The Hall–Kier alpha value is -1.40. The number of carboxylic acid groups (broad SMARTS) is 1. The van der Waals surface area contributed by atoms with Crippen LogP contribution in [-0.2, 0) is 20.8 Å². The van der Waals surface area contributed by atoms with Crippen LogP contribution in [0.2, 0.25) is 0 Å². The first-order valence-electron chi connectivity index (χ1n) is 3.82. The number of hydrogen-bond donors (Lipinski definition) is 2. The third-order valence-electron chi connectivity index (χ3n) is 1.33. The molecule has 1 aromatic rings. The van der Waals surface area contributed by atoms with E-state index in [4.69, 9.17) is 5.11 Å². The molecule has 14 heavy (non-hydrogen) atoms. The molecule has 0 atom stereocenters. The van der Waals surface area contributed by atoms with Crippen molar-refractivity contribution >= 4 is 23.2 Å². The molecule has 0 bridgehead atoms. The number of thiophene rings is 1. The molecule has 6 heteroatoms. The summed E-state index contributed by atoms with van der Waals surface area (Å²) in [5.74, 6) is -1.48. The summed E-state index contributed by atoms with van der Waals surface area (Å²) in [7, 11) is 0. The minimum atomic E-state index is -1.12. The standard InChI is InChI=1S/C8H9NO4S/c10-7(9-13-4-8(11)12)3-6-1-2-14-5-6/h1-2,5H,3-4H2,(H,9,10)(H,11,12). The maximum absolute atomic E-state index is 11.1. The van der Waals surface area contributed by atoms with Crippen molar-refractivity contribution in [2.45, 2.75) is 6.42 Å². The summed E-state index contributed by atoms with van der Waals surface area (Å²) in [6.45, 7) is -0.532. The highest BCUT2D eigenvalue weighted by Crippen LogP contribution is 2.05. The first-order valence-corrected chi connectivity index (χ1v) is 4.76. The average Bonchev–Trinajstić information content (AvgIpc) is 2.56. The summed E-state index contributed by atoms with van der Waals surface area (Å²) < 4.78 is 0. The summed E-state index contributed by atoms with van der Waals surface area (Å²) in [6, 6.07) is 1.82. The second kappa shape index (κ2) is 5.36. The summed E-state index contributed by atoms with van der Waals surface area (Å²) in [4.78, 5) is 25.5. The zero-order valence-electron chi connectivity index (χ0n) is 7.23. The zero-order valence-corrected chi connectivity index (χ0v) is 8.04. The van der Waals surface area contributed by atoms with Crippen LogP contribution >= 0.6 is 11.3 Å². The van der Waals surface area contributed by atoms with Crippen LogP contribution in [0.5, 0.6) is 0 Å². The van der Waals surface area contributed by atoms with Crippen LogP contribution in [0, 0.1) is 0 Å². The Kier molecular flexibility index (Phi) is 4.09. The van der Waals surface area contributed by atoms with Crippen molar-refractivity contribution in [3.8, 4) is 0 Å². The van der Waals surface area contributed by atoms with Gasteiger partial charge in [-0.05, 0) is 22.4 Å². The minimum absolute atomic E-state index is 0.198. The van der Waals surface area contributed by atoms with E-state index in [-0.39, 0.29) is 12.3 Å². The number of nitrogens with one attached hydrogen (secondary N) is 1. The van der Waals surface area contributed by atoms with Crippen LogP contribution in [0.1, 0.15) is 5.56 Å². The lowest BCUT2D eigenvalue weighted by Gasteiger charge is -2.01. The molecule has 1 rings (SSSR count). The van der Waals surface area contributed by atoms with Crippen molar-refractivity contribution in [2.24, 2.45) is 0 Å². The molecule has 0 radical (unpaired) electrons. The number of aliphatic carboxylic acids is 1. The van der Waals surface area contributed by atoms with Gasteiger partial charge in [-0.2, -0.15) is 11.3 Å². The Morgan fingerprint density at radius 1 is 1.57 bits per heavy atom. The fourth-order valence-corrected chi connectivity index (χ4v) is 1.46. The van der Waals surface area contributed by atoms with Gasteiger partial charge in [0.05, 0.1) is 6.42 Å². The number of carboxylic acids is 1. The Morgan fingerprint density at radius 3 is 2.93 bits per heavy atom. The minimum Gasteiger partial charge on any atom is -0.479 e. The predicted molar refractivity (Wildman–Crippen MR) is 49.8 cm³/mol. The smallest absolute Gasteiger partial charge is 0.332 e. The van der Waals surface area contributed by atoms with Crippen LogP contribution in [0.4, 0.5) is 0 Å². The summed E-state index contributed by atoms with van der Waals surface area (Å²) in [5, 5.41) is 11.9. The van der Waals surface area contributed by atoms with Crippen molar-refractivity contribution in [3.63, 3.8) is 0 Å². The van der Waals surface area contributed by atoms with Gasteiger partial charge in [-0.25, -0.2) is 10.3 Å². The first kappa shape index (κ1) is 10.7. The number of hydroxylamine groups is 1. The fraction of sp³-hybridized carbons (Fsp3) is 0.250. The number of amides is 1. The van der Waals surface area contributed by atoms with E-state index in [0.717, 1.165) is 5.56 Å². The number of rotatable bonds is 5. The summed E-state index contributed by atoms with van der Waals surface area (Å²) in [6.07, 6.45) is 0.198. The molecular weight excluding hydrogens is 206 g/mol. The molecule has 0 aliphatic rings. The molecule has 1 heterocycles. The molecule has 0 aliphatic heterocycles. The first-order chi connectivity index (χ1) is 6.68. The summed E-state index contributed by atoms with van der Waals surface area (Å²) in [5.41, 5.74) is 2.92. The average molecular weight is 215 g/mol. The van der Waals surface area contributed by atoms with E-state index in [1.165, 1.54) is 11.3 Å². The Bertz CT molecular complexity index is 309. The topological polar surface area (TPSA) is 75.6 Å². The molecule has 1 aromatic heterocycles. The van der Waals surface area contributed by atoms with Gasteiger partial charge < -0.3 is 5.11 Å². The highest BCUT2D eigenvalue weighted by molar-refractivity contribution is 7.07. The molecule has 0 saturated heterocycles. The maximum Gasteiger partial charge on any atom is 0.332 e. The largest absolute Gasteiger partial charge is 0.479 e. The van der Waals surface area contributed by atoms with Crippen molar-refractivity contribution in [1.82, 2.24) is 5.48 Å². The molecule has 2 N–H and O–H groups in total. The highest BCUT2D eigenvalue weighted by Gasteiger charge is 2.04. The van der Waals surface area contributed by atoms with Crippen LogP contribution in [-0.4, -0.2) is 23.6 Å².